The highest BCUT2D eigenvalue weighted by Crippen LogP contribution is 2.32. The van der Waals surface area contributed by atoms with Crippen LogP contribution in [0.15, 0.2) is 89.8 Å². The fourth-order valence-electron chi connectivity index (χ4n) is 3.43. The summed E-state index contributed by atoms with van der Waals surface area (Å²) < 4.78 is 27.9. The van der Waals surface area contributed by atoms with Crippen LogP contribution in [0.5, 0.6) is 0 Å². The summed E-state index contributed by atoms with van der Waals surface area (Å²) in [7, 11) is -3.94. The van der Waals surface area contributed by atoms with Crippen molar-refractivity contribution in [1.29, 1.82) is 5.41 Å². The van der Waals surface area contributed by atoms with Crippen LogP contribution in [0, 0.1) is 5.41 Å². The number of benzene rings is 3. The van der Waals surface area contributed by atoms with Crippen molar-refractivity contribution in [2.75, 3.05) is 0 Å². The molecule has 1 heterocycles. The molecule has 3 aromatic carbocycles. The summed E-state index contributed by atoms with van der Waals surface area (Å²) in [4.78, 5) is 13.3. The molecule has 0 saturated carbocycles. The van der Waals surface area contributed by atoms with Gasteiger partial charge in [0.1, 0.15) is 6.04 Å². The maximum Gasteiger partial charge on any atom is 0.245 e. The SMILES string of the molecule is N=C1c2ccccc2S(=O)(=O)N(Cc2ccccc2)[C@H]1C(=O)c1ccccc1. The fourth-order valence-corrected chi connectivity index (χ4v) is 5.19. The molecular weight excluding hydrogens is 372 g/mol. The first-order chi connectivity index (χ1) is 13.5. The van der Waals surface area contributed by atoms with E-state index in [1.807, 2.05) is 30.3 Å². The van der Waals surface area contributed by atoms with Crippen molar-refractivity contribution in [3.05, 3.63) is 102 Å². The van der Waals surface area contributed by atoms with Crippen molar-refractivity contribution in [2.24, 2.45) is 0 Å². The van der Waals surface area contributed by atoms with E-state index in [1.165, 1.54) is 6.07 Å². The number of hydrogen-bond donors (Lipinski definition) is 1. The number of nitrogens with one attached hydrogen (secondary N) is 1. The van der Waals surface area contributed by atoms with Crippen LogP contribution in [0.4, 0.5) is 0 Å². The van der Waals surface area contributed by atoms with Crippen molar-refractivity contribution in [3.8, 4) is 0 Å². The topological polar surface area (TPSA) is 78.3 Å². The van der Waals surface area contributed by atoms with Gasteiger partial charge in [-0.15, -0.1) is 0 Å². The van der Waals surface area contributed by atoms with Crippen molar-refractivity contribution in [2.45, 2.75) is 17.5 Å². The minimum atomic E-state index is -3.94. The zero-order valence-electron chi connectivity index (χ0n) is 14.9. The molecule has 3 aromatic rings. The average Bonchev–Trinajstić information content (AvgIpc) is 2.73. The van der Waals surface area contributed by atoms with Gasteiger partial charge in [-0.3, -0.25) is 4.79 Å². The average molecular weight is 390 g/mol. The summed E-state index contributed by atoms with van der Waals surface area (Å²) in [5.41, 5.74) is 1.41. The predicted octanol–water partition coefficient (Wildman–Crippen LogP) is 3.51. The Bertz CT molecular complexity index is 1140. The van der Waals surface area contributed by atoms with E-state index in [1.54, 1.807) is 48.5 Å². The maximum atomic E-state index is 13.4. The number of rotatable bonds is 4. The van der Waals surface area contributed by atoms with Gasteiger partial charge in [0.2, 0.25) is 10.0 Å². The number of ketones is 1. The van der Waals surface area contributed by atoms with Crippen molar-refractivity contribution in [3.63, 3.8) is 0 Å². The molecule has 140 valence electrons. The van der Waals surface area contributed by atoms with E-state index in [0.717, 1.165) is 9.87 Å². The van der Waals surface area contributed by atoms with Crippen LogP contribution in [0.1, 0.15) is 21.5 Å². The highest BCUT2D eigenvalue weighted by Gasteiger charge is 2.45. The van der Waals surface area contributed by atoms with Crippen LogP contribution in [-0.2, 0) is 16.6 Å². The Labute approximate surface area is 163 Å². The normalized spacial score (nSPS) is 18.4. The molecule has 1 aliphatic heterocycles. The molecule has 5 nitrogen and oxygen atoms in total. The number of carbonyl (C=O) groups excluding carboxylic acids is 1. The molecular formula is C22H18N2O3S. The Morgan fingerprint density at radius 1 is 0.857 bits per heavy atom. The maximum absolute atomic E-state index is 13.4. The molecule has 1 atom stereocenters. The number of sulfonamides is 1. The summed E-state index contributed by atoms with van der Waals surface area (Å²) in [6.45, 7) is 0.0170. The molecule has 0 unspecified atom stereocenters. The second-order valence-corrected chi connectivity index (χ2v) is 8.44. The second-order valence-electron chi connectivity index (χ2n) is 6.58. The number of carbonyl (C=O) groups is 1. The summed E-state index contributed by atoms with van der Waals surface area (Å²) in [5, 5.41) is 8.65. The van der Waals surface area contributed by atoms with Crippen LogP contribution in [0.2, 0.25) is 0 Å². The highest BCUT2D eigenvalue weighted by molar-refractivity contribution is 7.89. The molecule has 0 saturated heterocycles. The van der Waals surface area contributed by atoms with Crippen LogP contribution in [0.3, 0.4) is 0 Å². The lowest BCUT2D eigenvalue weighted by molar-refractivity contribution is 0.0932. The summed E-state index contributed by atoms with van der Waals surface area (Å²) in [6.07, 6.45) is 0. The minimum Gasteiger partial charge on any atom is -0.302 e. The molecule has 0 fully saturated rings. The molecule has 0 aliphatic carbocycles. The van der Waals surface area contributed by atoms with E-state index < -0.39 is 21.8 Å². The lowest BCUT2D eigenvalue weighted by Crippen LogP contribution is -2.52. The van der Waals surface area contributed by atoms with Crippen molar-refractivity contribution < 1.29 is 13.2 Å². The van der Waals surface area contributed by atoms with Gasteiger partial charge < -0.3 is 5.41 Å². The summed E-state index contributed by atoms with van der Waals surface area (Å²) in [5.74, 6) is -0.403. The lowest BCUT2D eigenvalue weighted by atomic mass is 9.95. The van der Waals surface area contributed by atoms with Crippen molar-refractivity contribution >= 4 is 21.5 Å². The number of hydrogen-bond acceptors (Lipinski definition) is 4. The highest BCUT2D eigenvalue weighted by atomic mass is 32.2. The minimum absolute atomic E-state index is 0.00444. The van der Waals surface area contributed by atoms with Gasteiger partial charge in [-0.05, 0) is 11.6 Å². The van der Waals surface area contributed by atoms with E-state index in [-0.39, 0.29) is 22.7 Å². The monoisotopic (exact) mass is 390 g/mol. The zero-order valence-corrected chi connectivity index (χ0v) is 15.8. The third-order valence-corrected chi connectivity index (χ3v) is 6.68. The fraction of sp³-hybridized carbons (Fsp3) is 0.0909. The molecule has 1 aliphatic rings. The third kappa shape index (κ3) is 3.06. The van der Waals surface area contributed by atoms with Gasteiger partial charge in [0, 0.05) is 17.7 Å². The van der Waals surface area contributed by atoms with Crippen LogP contribution < -0.4 is 0 Å². The largest absolute Gasteiger partial charge is 0.302 e. The van der Waals surface area contributed by atoms with E-state index >= 15 is 0 Å². The lowest BCUT2D eigenvalue weighted by Gasteiger charge is -2.35. The first-order valence-corrected chi connectivity index (χ1v) is 10.3. The van der Waals surface area contributed by atoms with Gasteiger partial charge in [-0.2, -0.15) is 4.31 Å². The number of Topliss-reactive ketones (excluding diaryl/α,β-unsaturated/α-hetero) is 1. The van der Waals surface area contributed by atoms with Gasteiger partial charge in [-0.25, -0.2) is 8.42 Å². The quantitative estimate of drug-likeness (QED) is 0.693. The van der Waals surface area contributed by atoms with Crippen LogP contribution >= 0.6 is 0 Å². The Morgan fingerprint density at radius 3 is 2.11 bits per heavy atom. The Balaban J connectivity index is 1.87. The van der Waals surface area contributed by atoms with Crippen LogP contribution in [0.25, 0.3) is 0 Å². The zero-order chi connectivity index (χ0) is 19.7. The molecule has 4 rings (SSSR count). The van der Waals surface area contributed by atoms with Gasteiger partial charge in [0.05, 0.1) is 10.6 Å². The van der Waals surface area contributed by atoms with E-state index in [4.69, 9.17) is 5.41 Å². The smallest absolute Gasteiger partial charge is 0.245 e. The molecule has 6 heteroatoms. The predicted molar refractivity (Wildman–Crippen MR) is 107 cm³/mol. The summed E-state index contributed by atoms with van der Waals surface area (Å²) in [6, 6.07) is 22.8. The van der Waals surface area contributed by atoms with E-state index in [2.05, 4.69) is 0 Å². The molecule has 0 radical (unpaired) electrons. The van der Waals surface area contributed by atoms with Crippen LogP contribution in [-0.4, -0.2) is 30.3 Å². The molecule has 0 amide bonds. The molecule has 0 aromatic heterocycles. The first kappa shape index (κ1) is 18.3. The standard InChI is InChI=1S/C22H18N2O3S/c23-20-18-13-7-8-14-19(18)28(26,27)24(15-16-9-3-1-4-10-16)21(20)22(25)17-11-5-2-6-12-17/h1-14,21,23H,15H2/t21-/m1/s1. The third-order valence-electron chi connectivity index (χ3n) is 4.81. The second kappa shape index (κ2) is 7.14. The molecule has 1 N–H and O–H groups in total. The number of fused-ring (bicyclic) bond motifs is 1. The Morgan fingerprint density at radius 2 is 1.43 bits per heavy atom. The summed E-state index contributed by atoms with van der Waals surface area (Å²) >= 11 is 0. The number of nitrogens with zero attached hydrogens (tertiary/aromatic N) is 1. The Kier molecular flexibility index (Phi) is 4.66. The van der Waals surface area contributed by atoms with E-state index in [0.29, 0.717) is 5.56 Å². The van der Waals surface area contributed by atoms with Gasteiger partial charge in [0.15, 0.2) is 5.78 Å². The van der Waals surface area contributed by atoms with Gasteiger partial charge >= 0.3 is 0 Å². The van der Waals surface area contributed by atoms with Gasteiger partial charge in [0.25, 0.3) is 0 Å². The van der Waals surface area contributed by atoms with Crippen molar-refractivity contribution in [1.82, 2.24) is 4.31 Å². The molecule has 28 heavy (non-hydrogen) atoms. The van der Waals surface area contributed by atoms with E-state index in [9.17, 15) is 13.2 Å². The van der Waals surface area contributed by atoms with Gasteiger partial charge in [-0.1, -0.05) is 78.9 Å². The molecule has 0 bridgehead atoms. The molecule has 0 spiro atoms. The Hall–Kier alpha value is -3.09. The first-order valence-electron chi connectivity index (χ1n) is 8.83.